The predicted octanol–water partition coefficient (Wildman–Crippen LogP) is 0.399. The third kappa shape index (κ3) is 1.97. The van der Waals surface area contributed by atoms with Crippen LogP contribution in [0.15, 0.2) is 12.1 Å². The minimum Gasteiger partial charge on any atom is -0.314 e. The third-order valence-corrected chi connectivity index (χ3v) is 3.49. The van der Waals surface area contributed by atoms with E-state index in [4.69, 9.17) is 0 Å². The molecule has 0 spiro atoms. The molecule has 6 nitrogen and oxygen atoms in total. The van der Waals surface area contributed by atoms with Gasteiger partial charge in [-0.25, -0.2) is 0 Å². The first-order chi connectivity index (χ1) is 8.75. The van der Waals surface area contributed by atoms with Crippen LogP contribution < -0.4 is 5.32 Å². The average Bonchev–Trinajstić information content (AvgIpc) is 2.82. The Kier molecular flexibility index (Phi) is 2.97. The molecular weight excluding hydrogens is 228 g/mol. The molecule has 1 saturated heterocycles. The van der Waals surface area contributed by atoms with Gasteiger partial charge in [0.2, 0.25) is 0 Å². The number of hydrogen-bond donors (Lipinski definition) is 1. The maximum absolute atomic E-state index is 4.50. The van der Waals surface area contributed by atoms with E-state index < -0.39 is 0 Å². The molecule has 0 radical (unpaired) electrons. The summed E-state index contributed by atoms with van der Waals surface area (Å²) in [5.41, 5.74) is 1.80. The van der Waals surface area contributed by atoms with E-state index in [0.717, 1.165) is 43.3 Å². The standard InChI is InChI=1S/C12H18N6/c1-9-3-4-11-14-15-12(18(11)16-9)10(2)17-7-5-13-6-8-17/h3-4,10,13H,5-8H2,1-2H3. The van der Waals surface area contributed by atoms with Crippen molar-refractivity contribution in [1.82, 2.24) is 30.0 Å². The molecular formula is C12H18N6. The second-order valence-electron chi connectivity index (χ2n) is 4.76. The van der Waals surface area contributed by atoms with Gasteiger partial charge in [-0.1, -0.05) is 0 Å². The highest BCUT2D eigenvalue weighted by Crippen LogP contribution is 2.18. The van der Waals surface area contributed by atoms with Crippen LogP contribution >= 0.6 is 0 Å². The van der Waals surface area contributed by atoms with E-state index in [1.54, 1.807) is 0 Å². The Morgan fingerprint density at radius 2 is 2.00 bits per heavy atom. The molecule has 2 aromatic rings. The van der Waals surface area contributed by atoms with Crippen molar-refractivity contribution in [2.24, 2.45) is 0 Å². The Morgan fingerprint density at radius 1 is 1.22 bits per heavy atom. The van der Waals surface area contributed by atoms with Gasteiger partial charge in [-0.15, -0.1) is 10.2 Å². The molecule has 0 amide bonds. The quantitative estimate of drug-likeness (QED) is 0.831. The lowest BCUT2D eigenvalue weighted by Gasteiger charge is -2.31. The summed E-state index contributed by atoms with van der Waals surface area (Å²) in [4.78, 5) is 2.41. The highest BCUT2D eigenvalue weighted by molar-refractivity contribution is 5.36. The highest BCUT2D eigenvalue weighted by Gasteiger charge is 2.22. The summed E-state index contributed by atoms with van der Waals surface area (Å²) in [5.74, 6) is 0.926. The molecule has 1 N–H and O–H groups in total. The van der Waals surface area contributed by atoms with Crippen molar-refractivity contribution in [2.45, 2.75) is 19.9 Å². The molecule has 0 bridgehead atoms. The van der Waals surface area contributed by atoms with Crippen molar-refractivity contribution in [3.8, 4) is 0 Å². The average molecular weight is 246 g/mol. The lowest BCUT2D eigenvalue weighted by molar-refractivity contribution is 0.177. The smallest absolute Gasteiger partial charge is 0.177 e. The Morgan fingerprint density at radius 3 is 2.78 bits per heavy atom. The Balaban J connectivity index is 1.95. The number of rotatable bonds is 2. The van der Waals surface area contributed by atoms with E-state index in [2.05, 4.69) is 32.4 Å². The molecule has 6 heteroatoms. The molecule has 0 aromatic carbocycles. The van der Waals surface area contributed by atoms with E-state index in [-0.39, 0.29) is 6.04 Å². The molecule has 1 atom stereocenters. The number of nitrogens with one attached hydrogen (secondary N) is 1. The van der Waals surface area contributed by atoms with Gasteiger partial charge in [-0.05, 0) is 26.0 Å². The van der Waals surface area contributed by atoms with E-state index in [0.29, 0.717) is 0 Å². The van der Waals surface area contributed by atoms with E-state index in [1.165, 1.54) is 0 Å². The fraction of sp³-hybridized carbons (Fsp3) is 0.583. The van der Waals surface area contributed by atoms with Crippen molar-refractivity contribution in [2.75, 3.05) is 26.2 Å². The molecule has 3 rings (SSSR count). The first-order valence-corrected chi connectivity index (χ1v) is 6.39. The molecule has 2 aromatic heterocycles. The number of piperazine rings is 1. The summed E-state index contributed by atoms with van der Waals surface area (Å²) in [5, 5.41) is 16.3. The fourth-order valence-corrected chi connectivity index (χ4v) is 2.39. The van der Waals surface area contributed by atoms with Gasteiger partial charge in [0.25, 0.3) is 0 Å². The largest absolute Gasteiger partial charge is 0.314 e. The van der Waals surface area contributed by atoms with Crippen molar-refractivity contribution < 1.29 is 0 Å². The molecule has 3 heterocycles. The summed E-state index contributed by atoms with van der Waals surface area (Å²) in [6.07, 6.45) is 0. The van der Waals surface area contributed by atoms with Crippen LogP contribution in [0.3, 0.4) is 0 Å². The van der Waals surface area contributed by atoms with Crippen LogP contribution in [0.1, 0.15) is 24.5 Å². The molecule has 0 aliphatic carbocycles. The molecule has 96 valence electrons. The minimum atomic E-state index is 0.247. The van der Waals surface area contributed by atoms with Gasteiger partial charge in [0, 0.05) is 26.2 Å². The zero-order valence-corrected chi connectivity index (χ0v) is 10.8. The van der Waals surface area contributed by atoms with Gasteiger partial charge in [0.15, 0.2) is 11.5 Å². The summed E-state index contributed by atoms with van der Waals surface area (Å²) < 4.78 is 1.86. The van der Waals surface area contributed by atoms with Crippen LogP contribution in [0.4, 0.5) is 0 Å². The van der Waals surface area contributed by atoms with Crippen LogP contribution in [0, 0.1) is 6.92 Å². The topological polar surface area (TPSA) is 58.4 Å². The monoisotopic (exact) mass is 246 g/mol. The number of aryl methyl sites for hydroxylation is 1. The normalized spacial score (nSPS) is 19.2. The molecule has 1 unspecified atom stereocenters. The molecule has 1 fully saturated rings. The number of fused-ring (bicyclic) bond motifs is 1. The summed E-state index contributed by atoms with van der Waals surface area (Å²) in [6.45, 7) is 8.31. The van der Waals surface area contributed by atoms with Gasteiger partial charge >= 0.3 is 0 Å². The van der Waals surface area contributed by atoms with E-state index in [9.17, 15) is 0 Å². The SMILES string of the molecule is Cc1ccc2nnc(C(C)N3CCNCC3)n2n1. The first kappa shape index (κ1) is 11.6. The van der Waals surface area contributed by atoms with Gasteiger partial charge in [-0.3, -0.25) is 4.90 Å². The van der Waals surface area contributed by atoms with Crippen molar-refractivity contribution in [3.05, 3.63) is 23.7 Å². The summed E-state index contributed by atoms with van der Waals surface area (Å²) in [7, 11) is 0. The Labute approximate surface area is 106 Å². The van der Waals surface area contributed by atoms with Gasteiger partial charge in [-0.2, -0.15) is 9.61 Å². The summed E-state index contributed by atoms with van der Waals surface area (Å²) in [6, 6.07) is 4.17. The second kappa shape index (κ2) is 4.62. The molecule has 1 aliphatic heterocycles. The van der Waals surface area contributed by atoms with Crippen molar-refractivity contribution >= 4 is 5.65 Å². The van der Waals surface area contributed by atoms with Crippen LogP contribution in [0.2, 0.25) is 0 Å². The van der Waals surface area contributed by atoms with E-state index in [1.807, 2.05) is 23.6 Å². The van der Waals surface area contributed by atoms with Crippen LogP contribution in [-0.2, 0) is 0 Å². The van der Waals surface area contributed by atoms with Gasteiger partial charge in [0.05, 0.1) is 11.7 Å². The zero-order chi connectivity index (χ0) is 12.5. The zero-order valence-electron chi connectivity index (χ0n) is 10.8. The molecule has 18 heavy (non-hydrogen) atoms. The number of hydrogen-bond acceptors (Lipinski definition) is 5. The van der Waals surface area contributed by atoms with Crippen LogP contribution in [-0.4, -0.2) is 50.9 Å². The third-order valence-electron chi connectivity index (χ3n) is 3.49. The molecule has 0 saturated carbocycles. The number of nitrogens with zero attached hydrogens (tertiary/aromatic N) is 5. The maximum atomic E-state index is 4.50. The maximum Gasteiger partial charge on any atom is 0.177 e. The lowest BCUT2D eigenvalue weighted by atomic mass is 10.2. The minimum absolute atomic E-state index is 0.247. The van der Waals surface area contributed by atoms with Crippen molar-refractivity contribution in [3.63, 3.8) is 0 Å². The number of aromatic nitrogens is 4. The van der Waals surface area contributed by atoms with Crippen LogP contribution in [0.25, 0.3) is 5.65 Å². The Bertz CT molecular complexity index is 542. The van der Waals surface area contributed by atoms with Crippen LogP contribution in [0.5, 0.6) is 0 Å². The van der Waals surface area contributed by atoms with E-state index >= 15 is 0 Å². The van der Waals surface area contributed by atoms with Gasteiger partial charge in [0.1, 0.15) is 0 Å². The summed E-state index contributed by atoms with van der Waals surface area (Å²) >= 11 is 0. The van der Waals surface area contributed by atoms with Crippen molar-refractivity contribution in [1.29, 1.82) is 0 Å². The highest BCUT2D eigenvalue weighted by atomic mass is 15.4. The lowest BCUT2D eigenvalue weighted by Crippen LogP contribution is -2.44. The fourth-order valence-electron chi connectivity index (χ4n) is 2.39. The predicted molar refractivity (Wildman–Crippen MR) is 68.4 cm³/mol. The first-order valence-electron chi connectivity index (χ1n) is 6.39. The second-order valence-corrected chi connectivity index (χ2v) is 4.76. The molecule has 1 aliphatic rings. The Hall–Kier alpha value is -1.53. The van der Waals surface area contributed by atoms with Gasteiger partial charge < -0.3 is 5.32 Å².